The van der Waals surface area contributed by atoms with Gasteiger partial charge in [0.15, 0.2) is 5.78 Å². The highest BCUT2D eigenvalue weighted by Crippen LogP contribution is 2.68. The van der Waals surface area contributed by atoms with Crippen LogP contribution in [0.4, 0.5) is 0 Å². The zero-order chi connectivity index (χ0) is 30.6. The van der Waals surface area contributed by atoms with Gasteiger partial charge in [0.05, 0.1) is 17.3 Å². The Labute approximate surface area is 253 Å². The first-order chi connectivity index (χ1) is 19.8. The fourth-order valence-corrected chi connectivity index (χ4v) is 10.3. The second-order valence-electron chi connectivity index (χ2n) is 15.3. The van der Waals surface area contributed by atoms with Crippen LogP contribution in [-0.4, -0.2) is 39.8 Å². The van der Waals surface area contributed by atoms with Crippen molar-refractivity contribution in [3.63, 3.8) is 0 Å². The number of carbonyl (C=O) groups excluding carboxylic acids is 2. The summed E-state index contributed by atoms with van der Waals surface area (Å²) in [5.41, 5.74) is -0.187. The number of esters is 1. The molecule has 0 spiro atoms. The zero-order valence-electron chi connectivity index (χ0n) is 26.9. The van der Waals surface area contributed by atoms with Crippen LogP contribution in [0.25, 0.3) is 0 Å². The van der Waals surface area contributed by atoms with Gasteiger partial charge in [0.2, 0.25) is 0 Å². The third-order valence-corrected chi connectivity index (χ3v) is 13.1. The van der Waals surface area contributed by atoms with Crippen LogP contribution in [0.1, 0.15) is 110 Å². The van der Waals surface area contributed by atoms with E-state index in [1.807, 2.05) is 24.3 Å². The van der Waals surface area contributed by atoms with Crippen LogP contribution < -0.4 is 0 Å². The molecule has 0 heterocycles. The summed E-state index contributed by atoms with van der Waals surface area (Å²) in [5, 5.41) is 24.0. The van der Waals surface area contributed by atoms with Gasteiger partial charge in [0.25, 0.3) is 0 Å². The summed E-state index contributed by atoms with van der Waals surface area (Å²) < 4.78 is 6.00. The Morgan fingerprint density at radius 2 is 1.74 bits per heavy atom. The number of hydrogen-bond donors (Lipinski definition) is 2. The molecular weight excluding hydrogens is 524 g/mol. The Morgan fingerprint density at radius 3 is 2.38 bits per heavy atom. The Kier molecular flexibility index (Phi) is 8.61. The second-order valence-corrected chi connectivity index (χ2v) is 15.3. The summed E-state index contributed by atoms with van der Waals surface area (Å²) in [7, 11) is 0. The van der Waals surface area contributed by atoms with Gasteiger partial charge in [-0.3, -0.25) is 4.79 Å². The predicted octanol–water partition coefficient (Wildman–Crippen LogP) is 7.40. The maximum absolute atomic E-state index is 14.0. The molecule has 0 bridgehead atoms. The maximum Gasteiger partial charge on any atom is 0.338 e. The fraction of sp³-hybridized carbons (Fsp3) is 0.730. The number of fused-ring (bicyclic) bond motifs is 5. The third-order valence-electron chi connectivity index (χ3n) is 13.1. The molecule has 1 aromatic rings. The van der Waals surface area contributed by atoms with Crippen molar-refractivity contribution in [2.24, 2.45) is 52.3 Å². The molecule has 5 rings (SSSR count). The van der Waals surface area contributed by atoms with Crippen LogP contribution in [0.5, 0.6) is 0 Å². The SMILES string of the molecule is CC[C@H](C[C@@H](O)[C@@H](C)[C@H]1CC[C@]2(O)C3=CC(=O)[C@H]4[C@H](C)[C@@H](OC(=O)c5ccccc5)CC[C@]4(C)[C@H]3CC[C@]12C)C(C)C. The molecule has 0 saturated heterocycles. The monoisotopic (exact) mass is 578 g/mol. The molecule has 232 valence electrons. The van der Waals surface area contributed by atoms with E-state index in [-0.39, 0.29) is 58.3 Å². The summed E-state index contributed by atoms with van der Waals surface area (Å²) in [4.78, 5) is 26.9. The van der Waals surface area contributed by atoms with Crippen molar-refractivity contribution in [1.29, 1.82) is 0 Å². The first-order valence-electron chi connectivity index (χ1n) is 16.7. The van der Waals surface area contributed by atoms with Gasteiger partial charge in [0, 0.05) is 17.3 Å². The van der Waals surface area contributed by atoms with Crippen LogP contribution in [0, 0.1) is 52.3 Å². The van der Waals surface area contributed by atoms with Crippen molar-refractivity contribution in [3.05, 3.63) is 47.5 Å². The largest absolute Gasteiger partial charge is 0.458 e. The van der Waals surface area contributed by atoms with Gasteiger partial charge in [-0.1, -0.05) is 73.1 Å². The molecule has 4 aliphatic rings. The number of ether oxygens (including phenoxy) is 1. The molecule has 3 saturated carbocycles. The molecule has 0 aromatic heterocycles. The van der Waals surface area contributed by atoms with Gasteiger partial charge in [-0.25, -0.2) is 4.79 Å². The Hall–Kier alpha value is -1.98. The van der Waals surface area contributed by atoms with E-state index in [1.54, 1.807) is 12.1 Å². The van der Waals surface area contributed by atoms with E-state index in [2.05, 4.69) is 48.5 Å². The number of aliphatic hydroxyl groups excluding tert-OH is 1. The summed E-state index contributed by atoms with van der Waals surface area (Å²) in [6, 6.07) is 9.07. The lowest BCUT2D eigenvalue weighted by Crippen LogP contribution is -2.61. The van der Waals surface area contributed by atoms with Crippen molar-refractivity contribution in [1.82, 2.24) is 0 Å². The third kappa shape index (κ3) is 4.91. The predicted molar refractivity (Wildman–Crippen MR) is 166 cm³/mol. The Balaban J connectivity index is 1.38. The average Bonchev–Trinajstić information content (AvgIpc) is 3.24. The zero-order valence-corrected chi connectivity index (χ0v) is 26.9. The quantitative estimate of drug-likeness (QED) is 0.314. The number of allylic oxidation sites excluding steroid dienone is 1. The molecule has 3 fully saturated rings. The number of carbonyl (C=O) groups is 2. The topological polar surface area (TPSA) is 83.8 Å². The van der Waals surface area contributed by atoms with E-state index in [0.29, 0.717) is 23.8 Å². The summed E-state index contributed by atoms with van der Waals surface area (Å²) in [6.07, 6.45) is 7.85. The van der Waals surface area contributed by atoms with E-state index < -0.39 is 11.7 Å². The van der Waals surface area contributed by atoms with Crippen molar-refractivity contribution in [2.75, 3.05) is 0 Å². The molecule has 4 aliphatic carbocycles. The molecule has 42 heavy (non-hydrogen) atoms. The van der Waals surface area contributed by atoms with Crippen molar-refractivity contribution in [3.8, 4) is 0 Å². The van der Waals surface area contributed by atoms with Gasteiger partial charge in [-0.15, -0.1) is 0 Å². The smallest absolute Gasteiger partial charge is 0.338 e. The van der Waals surface area contributed by atoms with Crippen molar-refractivity contribution >= 4 is 11.8 Å². The molecule has 1 aromatic carbocycles. The van der Waals surface area contributed by atoms with Crippen LogP contribution in [0.15, 0.2) is 42.0 Å². The molecule has 5 nitrogen and oxygen atoms in total. The van der Waals surface area contributed by atoms with Crippen molar-refractivity contribution in [2.45, 2.75) is 118 Å². The normalized spacial score (nSPS) is 39.9. The second kappa shape index (κ2) is 11.5. The number of benzene rings is 1. The molecule has 2 N–H and O–H groups in total. The van der Waals surface area contributed by atoms with Crippen LogP contribution in [0.3, 0.4) is 0 Å². The standard InChI is InChI=1S/C37H54O5/c1-8-25(22(2)3)20-30(38)23(4)27-15-19-37(41)29-21-31(39)33-24(5)32(42-34(40)26-12-10-9-11-13-26)16-17-35(33,6)28(29)14-18-36(27,37)7/h9-13,21-25,27-28,30,32-33,38,41H,8,14-20H2,1-7H3/t23-,24+,25+,27+,28-,30+,32-,33+,35+,36+,37-/m0/s1. The minimum atomic E-state index is -1.03. The molecule has 5 heteroatoms. The van der Waals surface area contributed by atoms with Crippen LogP contribution in [-0.2, 0) is 9.53 Å². The molecule has 0 unspecified atom stereocenters. The minimum absolute atomic E-state index is 0.0774. The van der Waals surface area contributed by atoms with Gasteiger partial charge in [-0.05, 0) is 104 Å². The fourth-order valence-electron chi connectivity index (χ4n) is 10.3. The van der Waals surface area contributed by atoms with E-state index >= 15 is 0 Å². The van der Waals surface area contributed by atoms with Gasteiger partial charge >= 0.3 is 5.97 Å². The Bertz CT molecular complexity index is 1190. The first-order valence-corrected chi connectivity index (χ1v) is 16.7. The average molecular weight is 579 g/mol. The minimum Gasteiger partial charge on any atom is -0.458 e. The van der Waals surface area contributed by atoms with E-state index in [1.165, 1.54) is 0 Å². The lowest BCUT2D eigenvalue weighted by atomic mass is 9.44. The highest BCUT2D eigenvalue weighted by Gasteiger charge is 2.67. The molecule has 0 radical (unpaired) electrons. The number of rotatable bonds is 8. The van der Waals surface area contributed by atoms with Crippen LogP contribution >= 0.6 is 0 Å². The van der Waals surface area contributed by atoms with E-state index in [0.717, 1.165) is 50.5 Å². The summed E-state index contributed by atoms with van der Waals surface area (Å²) >= 11 is 0. The first kappa shape index (κ1) is 31.4. The summed E-state index contributed by atoms with van der Waals surface area (Å²) in [5.74, 6) is 0.878. The van der Waals surface area contributed by atoms with Gasteiger partial charge in [0.1, 0.15) is 6.10 Å². The lowest BCUT2D eigenvalue weighted by molar-refractivity contribution is -0.150. The Morgan fingerprint density at radius 1 is 1.05 bits per heavy atom. The number of hydrogen-bond acceptors (Lipinski definition) is 5. The highest BCUT2D eigenvalue weighted by molar-refractivity contribution is 5.95. The lowest BCUT2D eigenvalue weighted by Gasteiger charge is -2.61. The van der Waals surface area contributed by atoms with Gasteiger partial charge < -0.3 is 14.9 Å². The van der Waals surface area contributed by atoms with Crippen LogP contribution in [0.2, 0.25) is 0 Å². The molecule has 11 atom stereocenters. The highest BCUT2D eigenvalue weighted by atomic mass is 16.5. The maximum atomic E-state index is 14.0. The van der Waals surface area contributed by atoms with Gasteiger partial charge in [-0.2, -0.15) is 0 Å². The number of aliphatic hydroxyl groups is 2. The molecule has 0 amide bonds. The van der Waals surface area contributed by atoms with E-state index in [9.17, 15) is 19.8 Å². The molecular formula is C37H54O5. The number of ketones is 1. The summed E-state index contributed by atoms with van der Waals surface area (Å²) in [6.45, 7) is 15.4. The molecule has 0 aliphatic heterocycles. The van der Waals surface area contributed by atoms with Crippen molar-refractivity contribution < 1.29 is 24.5 Å². The van der Waals surface area contributed by atoms with E-state index in [4.69, 9.17) is 4.74 Å².